The highest BCUT2D eigenvalue weighted by Crippen LogP contribution is 2.31. The van der Waals surface area contributed by atoms with Crippen molar-refractivity contribution >= 4 is 35.0 Å². The largest absolute Gasteiger partial charge is 0.481 e. The summed E-state index contributed by atoms with van der Waals surface area (Å²) in [5, 5.41) is 10.2. The lowest BCUT2D eigenvalue weighted by atomic mass is 9.93. The molecule has 42 heavy (non-hydrogen) atoms. The number of hydrogen-bond acceptors (Lipinski definition) is 8. The topological polar surface area (TPSA) is 91.3 Å². The second kappa shape index (κ2) is 14.5. The van der Waals surface area contributed by atoms with Gasteiger partial charge in [0.1, 0.15) is 11.6 Å². The van der Waals surface area contributed by atoms with Crippen molar-refractivity contribution in [2.45, 2.75) is 25.8 Å². The lowest BCUT2D eigenvalue weighted by Gasteiger charge is -2.35. The molecule has 0 saturated carbocycles. The number of benzene rings is 1. The van der Waals surface area contributed by atoms with Crippen molar-refractivity contribution in [3.63, 3.8) is 0 Å². The Kier molecular flexibility index (Phi) is 10.5. The smallest absolute Gasteiger partial charge is 0.303 e. The Morgan fingerprint density at radius 3 is 2.36 bits per heavy atom. The van der Waals surface area contributed by atoms with E-state index in [1.165, 1.54) is 0 Å². The zero-order valence-corrected chi connectivity index (χ0v) is 25.4. The first-order chi connectivity index (χ1) is 20.3. The maximum absolute atomic E-state index is 11.1. The molecule has 0 radical (unpaired) electrons. The Morgan fingerprint density at radius 2 is 1.71 bits per heavy atom. The number of piperidine rings is 1. The highest BCUT2D eigenvalue weighted by atomic mass is 35.5. The number of pyridine rings is 2. The molecular formula is C31H37Cl2N5O4. The molecule has 0 spiro atoms. The molecule has 2 saturated heterocycles. The molecule has 224 valence electrons. The van der Waals surface area contributed by atoms with E-state index < -0.39 is 5.97 Å². The molecule has 1 N–H and O–H groups in total. The van der Waals surface area contributed by atoms with E-state index in [1.807, 2.05) is 36.4 Å². The van der Waals surface area contributed by atoms with Crippen LogP contribution in [-0.4, -0.2) is 90.4 Å². The molecule has 0 unspecified atom stereocenters. The van der Waals surface area contributed by atoms with Gasteiger partial charge in [-0.15, -0.1) is 0 Å². The maximum Gasteiger partial charge on any atom is 0.303 e. The maximum atomic E-state index is 11.1. The Morgan fingerprint density at radius 1 is 0.976 bits per heavy atom. The molecule has 2 fully saturated rings. The second-order valence-electron chi connectivity index (χ2n) is 11.0. The van der Waals surface area contributed by atoms with Gasteiger partial charge in [-0.1, -0.05) is 23.2 Å². The van der Waals surface area contributed by atoms with Crippen LogP contribution in [0.4, 0.5) is 5.82 Å². The lowest BCUT2D eigenvalue weighted by Crippen LogP contribution is -2.47. The molecule has 9 nitrogen and oxygen atoms in total. The van der Waals surface area contributed by atoms with E-state index in [9.17, 15) is 4.79 Å². The molecule has 2 aliphatic heterocycles. The summed E-state index contributed by atoms with van der Waals surface area (Å²) in [5.41, 5.74) is 2.56. The number of carboxylic acid groups (broad SMARTS) is 1. The van der Waals surface area contributed by atoms with Crippen LogP contribution < -0.4 is 9.64 Å². The van der Waals surface area contributed by atoms with Gasteiger partial charge in [0.25, 0.3) is 0 Å². The van der Waals surface area contributed by atoms with E-state index in [4.69, 9.17) is 42.8 Å². The molecule has 2 aliphatic rings. The summed E-state index contributed by atoms with van der Waals surface area (Å²) in [7, 11) is 1.73. The molecule has 0 aliphatic carbocycles. The third kappa shape index (κ3) is 8.55. The van der Waals surface area contributed by atoms with Crippen LogP contribution in [0.5, 0.6) is 11.6 Å². The number of halogens is 2. The Labute approximate surface area is 257 Å². The molecular weight excluding hydrogens is 577 g/mol. The Bertz CT molecular complexity index is 1320. The Balaban J connectivity index is 1.30. The first kappa shape index (κ1) is 30.5. The number of hydrogen-bond donors (Lipinski definition) is 1. The number of aliphatic carboxylic acids is 1. The average molecular weight is 615 g/mol. The standard InChI is InChI=1S/C31H37Cl2N5O4/c1-41-13-12-36-8-10-38(11-9-36)29-3-2-27(20-34-29)42-30-15-23(21-37-6-4-22(5-7-37)16-31(39)40)14-28(35-30)24-17-25(32)19-26(33)18-24/h2-3,14-15,17-20,22H,4-13,16,21H2,1H3,(H,39,40). The zero-order chi connectivity index (χ0) is 29.5. The number of nitrogens with zero attached hydrogens (tertiary/aromatic N) is 5. The molecule has 0 bridgehead atoms. The SMILES string of the molecule is COCCN1CCN(c2ccc(Oc3cc(CN4CCC(CC(=O)O)CC4)cc(-c4cc(Cl)cc(Cl)c4)n3)cn2)CC1. The van der Waals surface area contributed by atoms with Gasteiger partial charge in [-0.05, 0) is 73.8 Å². The number of piperazine rings is 1. The van der Waals surface area contributed by atoms with Gasteiger partial charge in [0.2, 0.25) is 5.88 Å². The fraction of sp³-hybridized carbons (Fsp3) is 0.452. The number of carboxylic acids is 1. The van der Waals surface area contributed by atoms with Crippen molar-refractivity contribution in [1.29, 1.82) is 0 Å². The van der Waals surface area contributed by atoms with E-state index in [2.05, 4.69) is 19.7 Å². The van der Waals surface area contributed by atoms with Crippen LogP contribution >= 0.6 is 23.2 Å². The van der Waals surface area contributed by atoms with Crippen LogP contribution in [0.1, 0.15) is 24.8 Å². The number of carbonyl (C=O) groups is 1. The highest BCUT2D eigenvalue weighted by molar-refractivity contribution is 6.35. The first-order valence-corrected chi connectivity index (χ1v) is 15.1. The van der Waals surface area contributed by atoms with E-state index in [-0.39, 0.29) is 12.3 Å². The molecule has 1 aromatic carbocycles. The van der Waals surface area contributed by atoms with Gasteiger partial charge >= 0.3 is 5.97 Å². The average Bonchev–Trinajstić information content (AvgIpc) is 2.97. The number of methoxy groups -OCH3 is 1. The Hall–Kier alpha value is -2.95. The normalized spacial score (nSPS) is 17.0. The van der Waals surface area contributed by atoms with Crippen LogP contribution in [-0.2, 0) is 16.1 Å². The van der Waals surface area contributed by atoms with Crippen molar-refractivity contribution in [3.05, 3.63) is 64.3 Å². The number of likely N-dealkylation sites (tertiary alicyclic amines) is 1. The number of aromatic nitrogens is 2. The minimum Gasteiger partial charge on any atom is -0.481 e. The number of anilines is 1. The number of ether oxygens (including phenoxy) is 2. The second-order valence-corrected chi connectivity index (χ2v) is 11.8. The van der Waals surface area contributed by atoms with Crippen LogP contribution in [0.2, 0.25) is 10.0 Å². The molecule has 2 aromatic heterocycles. The molecule has 4 heterocycles. The molecule has 11 heteroatoms. The van der Waals surface area contributed by atoms with Crippen molar-refractivity contribution in [1.82, 2.24) is 19.8 Å². The van der Waals surface area contributed by atoms with Crippen molar-refractivity contribution in [2.75, 3.05) is 64.4 Å². The minimum absolute atomic E-state index is 0.231. The van der Waals surface area contributed by atoms with Gasteiger partial charge in [0.05, 0.1) is 18.5 Å². The molecule has 3 aromatic rings. The predicted octanol–water partition coefficient (Wildman–Crippen LogP) is 5.70. The van der Waals surface area contributed by atoms with Gasteiger partial charge in [-0.3, -0.25) is 14.6 Å². The van der Waals surface area contributed by atoms with E-state index in [0.29, 0.717) is 33.9 Å². The molecule has 5 rings (SSSR count). The fourth-order valence-electron chi connectivity index (χ4n) is 5.57. The van der Waals surface area contributed by atoms with E-state index >= 15 is 0 Å². The zero-order valence-electron chi connectivity index (χ0n) is 23.8. The first-order valence-electron chi connectivity index (χ1n) is 14.4. The number of rotatable bonds is 11. The van der Waals surface area contributed by atoms with Gasteiger partial charge in [-0.2, -0.15) is 0 Å². The third-order valence-corrected chi connectivity index (χ3v) is 8.28. The quantitative estimate of drug-likeness (QED) is 0.292. The predicted molar refractivity (Wildman–Crippen MR) is 165 cm³/mol. The minimum atomic E-state index is -0.725. The van der Waals surface area contributed by atoms with Gasteiger partial charge in [-0.25, -0.2) is 9.97 Å². The summed E-state index contributed by atoms with van der Waals surface area (Å²) in [6, 6.07) is 13.3. The van der Waals surface area contributed by atoms with Crippen molar-refractivity contribution in [3.8, 4) is 22.9 Å². The monoisotopic (exact) mass is 613 g/mol. The summed E-state index contributed by atoms with van der Waals surface area (Å²) in [4.78, 5) is 27.6. The highest BCUT2D eigenvalue weighted by Gasteiger charge is 2.22. The van der Waals surface area contributed by atoms with E-state index in [1.54, 1.807) is 19.4 Å². The van der Waals surface area contributed by atoms with Gasteiger partial charge < -0.3 is 19.5 Å². The van der Waals surface area contributed by atoms with Crippen LogP contribution in [0, 0.1) is 5.92 Å². The van der Waals surface area contributed by atoms with Crippen LogP contribution in [0.25, 0.3) is 11.3 Å². The lowest BCUT2D eigenvalue weighted by molar-refractivity contribution is -0.138. The van der Waals surface area contributed by atoms with Crippen LogP contribution in [0.15, 0.2) is 48.7 Å². The summed E-state index contributed by atoms with van der Waals surface area (Å²) >= 11 is 12.6. The summed E-state index contributed by atoms with van der Waals surface area (Å²) in [6.07, 6.45) is 3.72. The molecule has 0 amide bonds. The molecule has 0 atom stereocenters. The summed E-state index contributed by atoms with van der Waals surface area (Å²) in [6.45, 7) is 7.88. The van der Waals surface area contributed by atoms with Gasteiger partial charge in [0, 0.05) is 74.5 Å². The fourth-order valence-corrected chi connectivity index (χ4v) is 6.09. The third-order valence-electron chi connectivity index (χ3n) is 7.85. The van der Waals surface area contributed by atoms with Crippen LogP contribution in [0.3, 0.4) is 0 Å². The van der Waals surface area contributed by atoms with Crippen molar-refractivity contribution in [2.24, 2.45) is 5.92 Å². The van der Waals surface area contributed by atoms with E-state index in [0.717, 1.165) is 82.2 Å². The van der Waals surface area contributed by atoms with Crippen molar-refractivity contribution < 1.29 is 19.4 Å². The van der Waals surface area contributed by atoms with Gasteiger partial charge in [0.15, 0.2) is 0 Å². The summed E-state index contributed by atoms with van der Waals surface area (Å²) < 4.78 is 11.4. The summed E-state index contributed by atoms with van der Waals surface area (Å²) in [5.74, 6) is 1.50.